The van der Waals surface area contributed by atoms with Gasteiger partial charge in [0, 0.05) is 16.9 Å². The lowest BCUT2D eigenvalue weighted by Crippen LogP contribution is -2.15. The quantitative estimate of drug-likeness (QED) is 0.634. The van der Waals surface area contributed by atoms with Gasteiger partial charge >= 0.3 is 0 Å². The Morgan fingerprint density at radius 2 is 2.08 bits per heavy atom. The molecule has 0 unspecified atom stereocenters. The molecular weight excluding hydrogens is 326 g/mol. The first kappa shape index (κ1) is 17.4. The summed E-state index contributed by atoms with van der Waals surface area (Å²) in [6, 6.07) is 14.3. The summed E-state index contributed by atoms with van der Waals surface area (Å²) in [5.74, 6) is -0.102. The lowest BCUT2D eigenvalue weighted by atomic mass is 10.2. The number of methoxy groups -OCH3 is 1. The molecule has 2 N–H and O–H groups in total. The van der Waals surface area contributed by atoms with Crippen LogP contribution in [0.25, 0.3) is 0 Å². The maximum Gasteiger partial charge on any atom is 0.267 e. The second kappa shape index (κ2) is 8.04. The first-order valence-electron chi connectivity index (χ1n) is 7.12. The standard InChI is InChI=1S/C18H16ClN3O2/c1-12-4-3-5-15(8-12)21-11-13(10-20)18(23)22-16-9-14(19)6-7-17(16)24-2/h3-9,11,21H,1-2H3,(H,22,23)/b13-11-. The van der Waals surface area contributed by atoms with E-state index in [1.54, 1.807) is 18.2 Å². The minimum absolute atomic E-state index is 0.0708. The van der Waals surface area contributed by atoms with Crippen LogP contribution in [-0.4, -0.2) is 13.0 Å². The number of rotatable bonds is 5. The van der Waals surface area contributed by atoms with Crippen molar-refractivity contribution in [2.45, 2.75) is 6.92 Å². The Labute approximate surface area is 145 Å². The fourth-order valence-corrected chi connectivity index (χ4v) is 2.18. The molecule has 0 saturated heterocycles. The number of carbonyl (C=O) groups excluding carboxylic acids is 1. The summed E-state index contributed by atoms with van der Waals surface area (Å²) < 4.78 is 5.17. The van der Waals surface area contributed by atoms with Crippen molar-refractivity contribution in [3.05, 3.63) is 64.8 Å². The van der Waals surface area contributed by atoms with E-state index < -0.39 is 5.91 Å². The van der Waals surface area contributed by atoms with Gasteiger partial charge in [-0.1, -0.05) is 23.7 Å². The topological polar surface area (TPSA) is 74.1 Å². The molecule has 1 amide bonds. The summed E-state index contributed by atoms with van der Waals surface area (Å²) in [6.07, 6.45) is 1.36. The summed E-state index contributed by atoms with van der Waals surface area (Å²) in [6.45, 7) is 1.96. The van der Waals surface area contributed by atoms with Gasteiger partial charge in [-0.05, 0) is 42.8 Å². The highest BCUT2D eigenvalue weighted by Gasteiger charge is 2.12. The number of carbonyl (C=O) groups is 1. The molecule has 0 heterocycles. The third-order valence-electron chi connectivity index (χ3n) is 3.18. The molecular formula is C18H16ClN3O2. The van der Waals surface area contributed by atoms with Gasteiger partial charge in [-0.15, -0.1) is 0 Å². The molecule has 2 aromatic carbocycles. The van der Waals surface area contributed by atoms with E-state index in [9.17, 15) is 10.1 Å². The summed E-state index contributed by atoms with van der Waals surface area (Å²) in [5, 5.41) is 15.2. The van der Waals surface area contributed by atoms with E-state index in [2.05, 4.69) is 10.6 Å². The van der Waals surface area contributed by atoms with E-state index in [1.807, 2.05) is 37.3 Å². The van der Waals surface area contributed by atoms with E-state index in [0.717, 1.165) is 11.3 Å². The van der Waals surface area contributed by atoms with Crippen molar-refractivity contribution >= 4 is 28.9 Å². The van der Waals surface area contributed by atoms with Gasteiger partial charge in [0.15, 0.2) is 0 Å². The van der Waals surface area contributed by atoms with Gasteiger partial charge in [-0.2, -0.15) is 5.26 Å². The predicted molar refractivity (Wildman–Crippen MR) is 95.1 cm³/mol. The van der Waals surface area contributed by atoms with E-state index >= 15 is 0 Å². The Morgan fingerprint density at radius 3 is 2.75 bits per heavy atom. The number of nitrogens with zero attached hydrogens (tertiary/aromatic N) is 1. The van der Waals surface area contributed by atoms with Crippen LogP contribution in [0.1, 0.15) is 5.56 Å². The summed E-state index contributed by atoms with van der Waals surface area (Å²) >= 11 is 5.93. The van der Waals surface area contributed by atoms with Gasteiger partial charge in [0.2, 0.25) is 0 Å². The highest BCUT2D eigenvalue weighted by Crippen LogP contribution is 2.28. The number of benzene rings is 2. The molecule has 0 fully saturated rings. The van der Waals surface area contributed by atoms with Crippen molar-refractivity contribution in [2.75, 3.05) is 17.7 Å². The van der Waals surface area contributed by atoms with Gasteiger partial charge in [0.1, 0.15) is 17.4 Å². The van der Waals surface area contributed by atoms with Crippen LogP contribution in [0.5, 0.6) is 5.75 Å². The molecule has 0 aliphatic carbocycles. The number of hydrogen-bond acceptors (Lipinski definition) is 4. The number of amides is 1. The number of nitrogens with one attached hydrogen (secondary N) is 2. The van der Waals surface area contributed by atoms with E-state index in [1.165, 1.54) is 13.3 Å². The third kappa shape index (κ3) is 4.51. The zero-order chi connectivity index (χ0) is 17.5. The molecule has 0 aromatic heterocycles. The molecule has 6 heteroatoms. The number of nitriles is 1. The summed E-state index contributed by atoms with van der Waals surface area (Å²) in [4.78, 5) is 12.3. The fourth-order valence-electron chi connectivity index (χ4n) is 2.01. The molecule has 0 aliphatic heterocycles. The second-order valence-corrected chi connectivity index (χ2v) is 5.42. The average Bonchev–Trinajstić information content (AvgIpc) is 2.55. The van der Waals surface area contributed by atoms with Crippen LogP contribution in [0.4, 0.5) is 11.4 Å². The molecule has 0 bridgehead atoms. The number of aryl methyl sites for hydroxylation is 1. The van der Waals surface area contributed by atoms with Crippen molar-refractivity contribution in [1.82, 2.24) is 0 Å². The van der Waals surface area contributed by atoms with Crippen molar-refractivity contribution in [2.24, 2.45) is 0 Å². The molecule has 0 atom stereocenters. The Bertz CT molecular complexity index is 825. The third-order valence-corrected chi connectivity index (χ3v) is 3.41. The predicted octanol–water partition coefficient (Wildman–Crippen LogP) is 4.12. The zero-order valence-corrected chi connectivity index (χ0v) is 14.0. The monoisotopic (exact) mass is 341 g/mol. The zero-order valence-electron chi connectivity index (χ0n) is 13.3. The lowest BCUT2D eigenvalue weighted by Gasteiger charge is -2.10. The SMILES string of the molecule is COc1ccc(Cl)cc1NC(=O)/C(C#N)=C\Nc1cccc(C)c1. The minimum Gasteiger partial charge on any atom is -0.495 e. The van der Waals surface area contributed by atoms with Crippen molar-refractivity contribution in [1.29, 1.82) is 5.26 Å². The summed E-state index contributed by atoms with van der Waals surface area (Å²) in [7, 11) is 1.49. The highest BCUT2D eigenvalue weighted by atomic mass is 35.5. The molecule has 5 nitrogen and oxygen atoms in total. The Hall–Kier alpha value is -2.97. The van der Waals surface area contributed by atoms with Crippen LogP contribution in [0.3, 0.4) is 0 Å². The average molecular weight is 342 g/mol. The number of hydrogen-bond donors (Lipinski definition) is 2. The van der Waals surface area contributed by atoms with Gasteiger partial charge in [0.05, 0.1) is 12.8 Å². The maximum absolute atomic E-state index is 12.3. The molecule has 0 aliphatic rings. The van der Waals surface area contributed by atoms with Gasteiger partial charge < -0.3 is 15.4 Å². The number of halogens is 1. The van der Waals surface area contributed by atoms with Crippen LogP contribution in [-0.2, 0) is 4.79 Å². The molecule has 2 aromatic rings. The molecule has 0 spiro atoms. The van der Waals surface area contributed by atoms with Crippen LogP contribution in [0, 0.1) is 18.3 Å². The highest BCUT2D eigenvalue weighted by molar-refractivity contribution is 6.31. The minimum atomic E-state index is -0.557. The second-order valence-electron chi connectivity index (χ2n) is 4.98. The van der Waals surface area contributed by atoms with Gasteiger partial charge in [-0.3, -0.25) is 4.79 Å². The van der Waals surface area contributed by atoms with Crippen molar-refractivity contribution < 1.29 is 9.53 Å². The Morgan fingerprint density at radius 1 is 1.29 bits per heavy atom. The molecule has 2 rings (SSSR count). The Kier molecular flexibility index (Phi) is 5.83. The van der Waals surface area contributed by atoms with Crippen LogP contribution < -0.4 is 15.4 Å². The summed E-state index contributed by atoms with van der Waals surface area (Å²) in [5.41, 5.74) is 2.18. The van der Waals surface area contributed by atoms with E-state index in [4.69, 9.17) is 16.3 Å². The number of anilines is 2. The van der Waals surface area contributed by atoms with Crippen LogP contribution >= 0.6 is 11.6 Å². The molecule has 0 saturated carbocycles. The molecule has 0 radical (unpaired) electrons. The van der Waals surface area contributed by atoms with E-state index in [0.29, 0.717) is 16.5 Å². The van der Waals surface area contributed by atoms with Crippen molar-refractivity contribution in [3.8, 4) is 11.8 Å². The molecule has 24 heavy (non-hydrogen) atoms. The maximum atomic E-state index is 12.3. The smallest absolute Gasteiger partial charge is 0.267 e. The van der Waals surface area contributed by atoms with Crippen LogP contribution in [0.15, 0.2) is 54.2 Å². The van der Waals surface area contributed by atoms with Crippen molar-refractivity contribution in [3.63, 3.8) is 0 Å². The number of ether oxygens (including phenoxy) is 1. The largest absolute Gasteiger partial charge is 0.495 e. The molecule has 122 valence electrons. The normalized spacial score (nSPS) is 10.7. The van der Waals surface area contributed by atoms with Crippen LogP contribution in [0.2, 0.25) is 5.02 Å². The Balaban J connectivity index is 2.16. The first-order chi connectivity index (χ1) is 11.5. The van der Waals surface area contributed by atoms with Gasteiger partial charge in [-0.25, -0.2) is 0 Å². The first-order valence-corrected chi connectivity index (χ1v) is 7.49. The van der Waals surface area contributed by atoms with Gasteiger partial charge in [0.25, 0.3) is 5.91 Å². The lowest BCUT2D eigenvalue weighted by molar-refractivity contribution is -0.112. The van der Waals surface area contributed by atoms with E-state index in [-0.39, 0.29) is 5.57 Å². The fraction of sp³-hybridized carbons (Fsp3) is 0.111.